The highest BCUT2D eigenvalue weighted by Gasteiger charge is 2.34. The fourth-order valence-corrected chi connectivity index (χ4v) is 5.37. The maximum Gasteiger partial charge on any atom is 0.330 e. The Kier molecular flexibility index (Phi) is 9.35. The predicted octanol–water partition coefficient (Wildman–Crippen LogP) is 4.39. The van der Waals surface area contributed by atoms with Crippen LogP contribution in [0.4, 0.5) is 22.0 Å². The SMILES string of the molecule is CS(=O)(=O)O.O=C1Nc2cccnc2N(C(=O)N2CCCC(CCN3CCCCCC3)C2)c2ccccc21. The minimum atomic E-state index is -3.67. The second-order valence-corrected chi connectivity index (χ2v) is 11.7. The van der Waals surface area contributed by atoms with Crippen molar-refractivity contribution in [1.82, 2.24) is 14.8 Å². The first-order valence-corrected chi connectivity index (χ1v) is 15.1. The van der Waals surface area contributed by atoms with Crippen LogP contribution in [0.5, 0.6) is 0 Å². The van der Waals surface area contributed by atoms with Crippen molar-refractivity contribution in [3.05, 3.63) is 48.2 Å². The van der Waals surface area contributed by atoms with E-state index in [0.717, 1.165) is 32.5 Å². The molecule has 1 aromatic carbocycles. The summed E-state index contributed by atoms with van der Waals surface area (Å²) in [7, 11) is -3.67. The molecule has 11 heteroatoms. The van der Waals surface area contributed by atoms with Gasteiger partial charge in [-0.25, -0.2) is 14.7 Å². The molecule has 10 nitrogen and oxygen atoms in total. The summed E-state index contributed by atoms with van der Waals surface area (Å²) in [5.41, 5.74) is 1.63. The second-order valence-electron chi connectivity index (χ2n) is 10.2. The quantitative estimate of drug-likeness (QED) is 0.551. The molecule has 0 spiro atoms. The first-order valence-electron chi connectivity index (χ1n) is 13.3. The average Bonchev–Trinajstić information content (AvgIpc) is 3.22. The van der Waals surface area contributed by atoms with Crippen molar-refractivity contribution in [3.63, 3.8) is 0 Å². The topological polar surface area (TPSA) is 123 Å². The Balaban J connectivity index is 0.000000617. The molecule has 2 N–H and O–H groups in total. The minimum Gasteiger partial charge on any atom is -0.324 e. The van der Waals surface area contributed by atoms with Crippen LogP contribution in [-0.4, -0.2) is 78.7 Å². The molecule has 0 aliphatic carbocycles. The number of amides is 3. The lowest BCUT2D eigenvalue weighted by Gasteiger charge is -2.37. The Morgan fingerprint density at radius 3 is 2.50 bits per heavy atom. The first kappa shape index (κ1) is 28.0. The molecule has 2 fully saturated rings. The number of aromatic nitrogens is 1. The highest BCUT2D eigenvalue weighted by atomic mass is 32.2. The number of hydrogen-bond acceptors (Lipinski definition) is 6. The number of para-hydroxylation sites is 1. The maximum atomic E-state index is 13.9. The molecule has 1 aromatic heterocycles. The third-order valence-electron chi connectivity index (χ3n) is 7.17. The normalized spacial score (nSPS) is 20.2. The number of likely N-dealkylation sites (tertiary alicyclic amines) is 2. The number of pyridine rings is 1. The van der Waals surface area contributed by atoms with Crippen LogP contribution in [0.2, 0.25) is 0 Å². The lowest BCUT2D eigenvalue weighted by Crippen LogP contribution is -2.47. The number of nitrogens with one attached hydrogen (secondary N) is 1. The van der Waals surface area contributed by atoms with E-state index in [1.165, 1.54) is 45.2 Å². The number of nitrogens with zero attached hydrogens (tertiary/aromatic N) is 4. The van der Waals surface area contributed by atoms with Gasteiger partial charge in [-0.3, -0.25) is 9.35 Å². The summed E-state index contributed by atoms with van der Waals surface area (Å²) in [5, 5.41) is 2.92. The van der Waals surface area contributed by atoms with E-state index < -0.39 is 10.1 Å². The molecule has 4 heterocycles. The number of piperidine rings is 1. The van der Waals surface area contributed by atoms with Gasteiger partial charge >= 0.3 is 6.03 Å². The van der Waals surface area contributed by atoms with Crippen molar-refractivity contribution in [2.24, 2.45) is 5.92 Å². The van der Waals surface area contributed by atoms with Gasteiger partial charge in [0.25, 0.3) is 16.0 Å². The van der Waals surface area contributed by atoms with Crippen LogP contribution in [0.3, 0.4) is 0 Å². The highest BCUT2D eigenvalue weighted by Crippen LogP contribution is 2.37. The van der Waals surface area contributed by atoms with Crippen molar-refractivity contribution in [1.29, 1.82) is 0 Å². The van der Waals surface area contributed by atoms with Gasteiger partial charge in [-0.2, -0.15) is 8.42 Å². The fraction of sp³-hybridized carbons (Fsp3) is 0.519. The Morgan fingerprint density at radius 1 is 1.05 bits per heavy atom. The molecule has 5 rings (SSSR count). The van der Waals surface area contributed by atoms with Crippen LogP contribution in [-0.2, 0) is 10.1 Å². The molecule has 2 saturated heterocycles. The molecule has 3 aliphatic heterocycles. The smallest absolute Gasteiger partial charge is 0.324 e. The number of hydrogen-bond donors (Lipinski definition) is 2. The molecule has 1 atom stereocenters. The van der Waals surface area contributed by atoms with E-state index in [1.54, 1.807) is 29.3 Å². The number of carbonyl (C=O) groups is 2. The summed E-state index contributed by atoms with van der Waals surface area (Å²) in [6, 6.07) is 10.8. The molecule has 0 radical (unpaired) electrons. The van der Waals surface area contributed by atoms with Gasteiger partial charge in [-0.05, 0) is 81.9 Å². The van der Waals surface area contributed by atoms with Gasteiger partial charge in [0.1, 0.15) is 0 Å². The lowest BCUT2D eigenvalue weighted by molar-refractivity contribution is 0.102. The minimum absolute atomic E-state index is 0.0987. The molecule has 2 aromatic rings. The van der Waals surface area contributed by atoms with Gasteiger partial charge < -0.3 is 15.1 Å². The van der Waals surface area contributed by atoms with Gasteiger partial charge in [0.05, 0.1) is 23.2 Å². The molecule has 3 amide bonds. The van der Waals surface area contributed by atoms with Crippen molar-refractivity contribution >= 4 is 39.2 Å². The zero-order valence-electron chi connectivity index (χ0n) is 21.9. The number of fused-ring (bicyclic) bond motifs is 2. The van der Waals surface area contributed by atoms with Crippen molar-refractivity contribution in [3.8, 4) is 0 Å². The summed E-state index contributed by atoms with van der Waals surface area (Å²) >= 11 is 0. The number of anilines is 3. The summed E-state index contributed by atoms with van der Waals surface area (Å²) in [6.45, 7) is 5.05. The predicted molar refractivity (Wildman–Crippen MR) is 147 cm³/mol. The lowest BCUT2D eigenvalue weighted by atomic mass is 9.94. The Bertz CT molecular complexity index is 1220. The number of carbonyl (C=O) groups excluding carboxylic acids is 2. The third-order valence-corrected chi connectivity index (χ3v) is 7.17. The molecular formula is C27H37N5O5S. The Labute approximate surface area is 224 Å². The molecule has 0 bridgehead atoms. The molecule has 38 heavy (non-hydrogen) atoms. The van der Waals surface area contributed by atoms with Crippen molar-refractivity contribution in [2.75, 3.05) is 49.2 Å². The first-order chi connectivity index (χ1) is 18.2. The van der Waals surface area contributed by atoms with Crippen LogP contribution < -0.4 is 10.2 Å². The Morgan fingerprint density at radius 2 is 1.76 bits per heavy atom. The fourth-order valence-electron chi connectivity index (χ4n) is 5.37. The average molecular weight is 544 g/mol. The van der Waals surface area contributed by atoms with Crippen molar-refractivity contribution < 1.29 is 22.6 Å². The number of urea groups is 1. The van der Waals surface area contributed by atoms with Gasteiger partial charge in [0, 0.05) is 19.3 Å². The van der Waals surface area contributed by atoms with E-state index in [9.17, 15) is 18.0 Å². The summed E-state index contributed by atoms with van der Waals surface area (Å²) < 4.78 is 25.9. The summed E-state index contributed by atoms with van der Waals surface area (Å²) in [4.78, 5) is 37.4. The van der Waals surface area contributed by atoms with Crippen molar-refractivity contribution in [2.45, 2.75) is 44.9 Å². The van der Waals surface area contributed by atoms with Gasteiger partial charge in [0.15, 0.2) is 5.82 Å². The highest BCUT2D eigenvalue weighted by molar-refractivity contribution is 7.85. The van der Waals surface area contributed by atoms with E-state index >= 15 is 0 Å². The van der Waals surface area contributed by atoms with Gasteiger partial charge in [-0.1, -0.05) is 25.0 Å². The molecule has 0 saturated carbocycles. The van der Waals surface area contributed by atoms with Gasteiger partial charge in [0.2, 0.25) is 0 Å². The van der Waals surface area contributed by atoms with Crippen LogP contribution in [0.15, 0.2) is 42.6 Å². The largest absolute Gasteiger partial charge is 0.330 e. The van der Waals surface area contributed by atoms with Crippen LogP contribution in [0.1, 0.15) is 55.3 Å². The molecular weight excluding hydrogens is 506 g/mol. The standard InChI is InChI=1S/C26H33N5O2.CH4O3S/c32-25-21-10-3-4-12-23(21)31(24-22(28-25)11-7-14-27-24)26(33)30-17-8-9-20(19-30)13-18-29-15-5-1-2-6-16-29;1-5(2,3)4/h3-4,7,10-12,14,20H,1-2,5-6,8-9,13,15-19H2,(H,28,32);1H3,(H,2,3,4). The second kappa shape index (κ2) is 12.7. The Hall–Kier alpha value is -3.02. The summed E-state index contributed by atoms with van der Waals surface area (Å²) in [5.74, 6) is 0.771. The molecule has 3 aliphatic rings. The van der Waals surface area contributed by atoms with E-state index in [4.69, 9.17) is 4.55 Å². The number of benzene rings is 1. The molecule has 1 unspecified atom stereocenters. The molecule has 206 valence electrons. The monoisotopic (exact) mass is 543 g/mol. The van der Waals surface area contributed by atoms with E-state index in [0.29, 0.717) is 34.9 Å². The zero-order valence-corrected chi connectivity index (χ0v) is 22.7. The zero-order chi connectivity index (χ0) is 27.1. The number of rotatable bonds is 3. The van der Waals surface area contributed by atoms with Crippen LogP contribution in [0.25, 0.3) is 0 Å². The maximum absolute atomic E-state index is 13.9. The van der Waals surface area contributed by atoms with E-state index in [2.05, 4.69) is 15.2 Å². The van der Waals surface area contributed by atoms with E-state index in [1.807, 2.05) is 23.1 Å². The van der Waals surface area contributed by atoms with Gasteiger partial charge in [-0.15, -0.1) is 0 Å². The third kappa shape index (κ3) is 7.52. The summed E-state index contributed by atoms with van der Waals surface area (Å²) in [6.07, 6.45) is 11.0. The van der Waals surface area contributed by atoms with E-state index in [-0.39, 0.29) is 11.9 Å². The van der Waals surface area contributed by atoms with Crippen LogP contribution in [0, 0.1) is 5.92 Å². The van der Waals surface area contributed by atoms with Crippen LogP contribution >= 0.6 is 0 Å².